The fraction of sp³-hybridized carbons (Fsp3) is 0.125. The zero-order chi connectivity index (χ0) is 15.8. The van der Waals surface area contributed by atoms with Crippen molar-refractivity contribution < 1.29 is 9.26 Å². The Balaban J connectivity index is 1.86. The largest absolute Gasteiger partial charge is 0.496 e. The SMILES string of the molecule is COc1ccccc1-c1noc(-c2c(C)nc3ncccn23)n1. The highest BCUT2D eigenvalue weighted by atomic mass is 16.5. The number of nitrogens with zero attached hydrogens (tertiary/aromatic N) is 5. The molecule has 0 radical (unpaired) electrons. The molecule has 3 heterocycles. The number of hydrogen-bond donors (Lipinski definition) is 0. The van der Waals surface area contributed by atoms with E-state index in [0.717, 1.165) is 17.0 Å². The average molecular weight is 307 g/mol. The second-order valence-electron chi connectivity index (χ2n) is 4.96. The van der Waals surface area contributed by atoms with Gasteiger partial charge in [0.15, 0.2) is 0 Å². The van der Waals surface area contributed by atoms with Crippen molar-refractivity contribution in [2.75, 3.05) is 7.11 Å². The monoisotopic (exact) mass is 307 g/mol. The van der Waals surface area contributed by atoms with E-state index in [1.54, 1.807) is 13.3 Å². The van der Waals surface area contributed by atoms with Crippen molar-refractivity contribution in [1.29, 1.82) is 0 Å². The number of ether oxygens (including phenoxy) is 1. The van der Waals surface area contributed by atoms with Crippen LogP contribution in [0.5, 0.6) is 5.75 Å². The van der Waals surface area contributed by atoms with Crippen LogP contribution < -0.4 is 4.74 Å². The van der Waals surface area contributed by atoms with Gasteiger partial charge in [-0.1, -0.05) is 17.3 Å². The molecule has 4 rings (SSSR count). The third-order valence-electron chi connectivity index (χ3n) is 3.55. The lowest BCUT2D eigenvalue weighted by Crippen LogP contribution is -1.91. The van der Waals surface area contributed by atoms with Crippen LogP contribution in [-0.4, -0.2) is 31.6 Å². The van der Waals surface area contributed by atoms with E-state index in [4.69, 9.17) is 9.26 Å². The van der Waals surface area contributed by atoms with Crippen LogP contribution in [-0.2, 0) is 0 Å². The number of aromatic nitrogens is 5. The van der Waals surface area contributed by atoms with Crippen molar-refractivity contribution in [3.8, 4) is 28.7 Å². The summed E-state index contributed by atoms with van der Waals surface area (Å²) in [5, 5.41) is 4.07. The zero-order valence-corrected chi connectivity index (χ0v) is 12.6. The Bertz CT molecular complexity index is 989. The lowest BCUT2D eigenvalue weighted by atomic mass is 10.2. The normalized spacial score (nSPS) is 11.0. The summed E-state index contributed by atoms with van der Waals surface area (Å²) >= 11 is 0. The van der Waals surface area contributed by atoms with Gasteiger partial charge in [0.05, 0.1) is 18.4 Å². The standard InChI is InChI=1S/C16H13N5O2/c1-10-13(21-9-5-8-17-16(21)18-10)15-19-14(20-23-15)11-6-3-4-7-12(11)22-2/h3-9H,1-2H3. The van der Waals surface area contributed by atoms with E-state index in [-0.39, 0.29) is 0 Å². The van der Waals surface area contributed by atoms with Crippen LogP contribution in [0.2, 0.25) is 0 Å². The second kappa shape index (κ2) is 5.20. The zero-order valence-electron chi connectivity index (χ0n) is 12.6. The molecule has 3 aromatic heterocycles. The van der Waals surface area contributed by atoms with Crippen molar-refractivity contribution in [2.45, 2.75) is 6.92 Å². The molecule has 23 heavy (non-hydrogen) atoms. The summed E-state index contributed by atoms with van der Waals surface area (Å²) in [6.45, 7) is 1.89. The molecule has 114 valence electrons. The number of hydrogen-bond acceptors (Lipinski definition) is 6. The first-order valence-corrected chi connectivity index (χ1v) is 7.05. The Morgan fingerprint density at radius 2 is 2.00 bits per heavy atom. The van der Waals surface area contributed by atoms with Crippen LogP contribution in [0, 0.1) is 6.92 Å². The number of imidazole rings is 1. The Hall–Kier alpha value is -3.22. The highest BCUT2D eigenvalue weighted by molar-refractivity contribution is 5.66. The van der Waals surface area contributed by atoms with Crippen LogP contribution in [0.1, 0.15) is 5.69 Å². The minimum absolute atomic E-state index is 0.393. The summed E-state index contributed by atoms with van der Waals surface area (Å²) in [5.74, 6) is 2.15. The van der Waals surface area contributed by atoms with E-state index in [1.165, 1.54) is 0 Å². The molecule has 1 aromatic carbocycles. The molecule has 0 aliphatic carbocycles. The molecule has 0 bridgehead atoms. The molecule has 7 heteroatoms. The number of para-hydroxylation sites is 1. The first kappa shape index (κ1) is 13.4. The third kappa shape index (κ3) is 2.13. The van der Waals surface area contributed by atoms with E-state index in [2.05, 4.69) is 20.1 Å². The first-order valence-electron chi connectivity index (χ1n) is 7.05. The van der Waals surface area contributed by atoms with Gasteiger partial charge in [0.1, 0.15) is 11.4 Å². The Morgan fingerprint density at radius 1 is 1.13 bits per heavy atom. The Kier molecular flexibility index (Phi) is 3.04. The van der Waals surface area contributed by atoms with E-state index in [1.807, 2.05) is 47.9 Å². The van der Waals surface area contributed by atoms with Gasteiger partial charge < -0.3 is 9.26 Å². The van der Waals surface area contributed by atoms with Crippen LogP contribution >= 0.6 is 0 Å². The predicted octanol–water partition coefficient (Wildman–Crippen LogP) is 2.76. The number of rotatable bonds is 3. The molecule has 0 unspecified atom stereocenters. The smallest absolute Gasteiger partial charge is 0.277 e. The molecule has 0 N–H and O–H groups in total. The molecule has 0 spiro atoms. The lowest BCUT2D eigenvalue weighted by molar-refractivity contribution is 0.413. The van der Waals surface area contributed by atoms with Gasteiger partial charge in [-0.15, -0.1) is 0 Å². The van der Waals surface area contributed by atoms with Crippen LogP contribution in [0.25, 0.3) is 28.8 Å². The van der Waals surface area contributed by atoms with Crippen molar-refractivity contribution >= 4 is 5.78 Å². The van der Waals surface area contributed by atoms with Crippen LogP contribution in [0.4, 0.5) is 0 Å². The van der Waals surface area contributed by atoms with Gasteiger partial charge in [-0.05, 0) is 25.1 Å². The number of aryl methyl sites for hydroxylation is 1. The minimum atomic E-state index is 0.393. The molecule has 0 atom stereocenters. The quantitative estimate of drug-likeness (QED) is 0.579. The molecule has 0 fully saturated rings. The number of methoxy groups -OCH3 is 1. The van der Waals surface area contributed by atoms with E-state index in [9.17, 15) is 0 Å². The second-order valence-corrected chi connectivity index (χ2v) is 4.96. The fourth-order valence-electron chi connectivity index (χ4n) is 2.51. The van der Waals surface area contributed by atoms with Gasteiger partial charge in [0, 0.05) is 12.4 Å². The molecule has 0 saturated heterocycles. The molecule has 0 aliphatic heterocycles. The van der Waals surface area contributed by atoms with Crippen molar-refractivity contribution in [2.24, 2.45) is 0 Å². The van der Waals surface area contributed by atoms with Gasteiger partial charge in [-0.2, -0.15) is 4.98 Å². The molecule has 0 aliphatic rings. The highest BCUT2D eigenvalue weighted by Gasteiger charge is 2.19. The molecule has 0 saturated carbocycles. The summed E-state index contributed by atoms with van der Waals surface area (Å²) in [6, 6.07) is 9.36. The molecular formula is C16H13N5O2. The molecular weight excluding hydrogens is 294 g/mol. The average Bonchev–Trinajstić information content (AvgIpc) is 3.18. The number of benzene rings is 1. The Labute approximate surface area is 131 Å². The van der Waals surface area contributed by atoms with Crippen LogP contribution in [0.3, 0.4) is 0 Å². The van der Waals surface area contributed by atoms with E-state index >= 15 is 0 Å². The van der Waals surface area contributed by atoms with Crippen LogP contribution in [0.15, 0.2) is 47.2 Å². The van der Waals surface area contributed by atoms with Gasteiger partial charge >= 0.3 is 0 Å². The molecule has 4 aromatic rings. The van der Waals surface area contributed by atoms with Gasteiger partial charge in [0.2, 0.25) is 11.6 Å². The first-order chi connectivity index (χ1) is 11.3. The minimum Gasteiger partial charge on any atom is -0.496 e. The maximum Gasteiger partial charge on any atom is 0.277 e. The van der Waals surface area contributed by atoms with Crippen molar-refractivity contribution in [1.82, 2.24) is 24.5 Å². The maximum atomic E-state index is 5.45. The highest BCUT2D eigenvalue weighted by Crippen LogP contribution is 2.30. The van der Waals surface area contributed by atoms with E-state index in [0.29, 0.717) is 23.2 Å². The lowest BCUT2D eigenvalue weighted by Gasteiger charge is -2.03. The summed E-state index contributed by atoms with van der Waals surface area (Å²) in [5.41, 5.74) is 2.29. The summed E-state index contributed by atoms with van der Waals surface area (Å²) in [4.78, 5) is 13.1. The summed E-state index contributed by atoms with van der Waals surface area (Å²) < 4.78 is 12.6. The van der Waals surface area contributed by atoms with Crippen molar-refractivity contribution in [3.63, 3.8) is 0 Å². The maximum absolute atomic E-state index is 5.45. The summed E-state index contributed by atoms with van der Waals surface area (Å²) in [7, 11) is 1.61. The number of fused-ring (bicyclic) bond motifs is 1. The van der Waals surface area contributed by atoms with Gasteiger partial charge in [-0.3, -0.25) is 4.40 Å². The van der Waals surface area contributed by atoms with Gasteiger partial charge in [0.25, 0.3) is 5.89 Å². The summed E-state index contributed by atoms with van der Waals surface area (Å²) in [6.07, 6.45) is 3.56. The third-order valence-corrected chi connectivity index (χ3v) is 3.55. The van der Waals surface area contributed by atoms with E-state index < -0.39 is 0 Å². The predicted molar refractivity (Wildman–Crippen MR) is 83.0 cm³/mol. The Morgan fingerprint density at radius 3 is 2.87 bits per heavy atom. The molecule has 0 amide bonds. The fourth-order valence-corrected chi connectivity index (χ4v) is 2.51. The van der Waals surface area contributed by atoms with Gasteiger partial charge in [-0.25, -0.2) is 9.97 Å². The molecule has 7 nitrogen and oxygen atoms in total. The van der Waals surface area contributed by atoms with Crippen molar-refractivity contribution in [3.05, 3.63) is 48.4 Å². The topological polar surface area (TPSA) is 78.3 Å².